The molecule has 0 spiro atoms. The highest BCUT2D eigenvalue weighted by atomic mass is 16.5. The number of methoxy groups -OCH3 is 2. The predicted molar refractivity (Wildman–Crippen MR) is 70.0 cm³/mol. The second-order valence-electron chi connectivity index (χ2n) is 4.00. The number of rotatable bonds is 5. The van der Waals surface area contributed by atoms with E-state index in [4.69, 9.17) is 14.6 Å². The van der Waals surface area contributed by atoms with E-state index in [9.17, 15) is 4.79 Å². The fourth-order valence-electron chi connectivity index (χ4n) is 1.91. The zero-order valence-corrected chi connectivity index (χ0v) is 10.8. The van der Waals surface area contributed by atoms with Gasteiger partial charge in [0.2, 0.25) is 0 Å². The lowest BCUT2D eigenvalue weighted by atomic mass is 10.2. The first-order chi connectivity index (χ1) is 9.15. The molecule has 5 nitrogen and oxygen atoms in total. The van der Waals surface area contributed by atoms with Gasteiger partial charge in [0, 0.05) is 17.8 Å². The topological polar surface area (TPSA) is 60.7 Å². The van der Waals surface area contributed by atoms with Gasteiger partial charge in [-0.3, -0.25) is 0 Å². The number of carboxylic acids is 1. The quantitative estimate of drug-likeness (QED) is 0.896. The minimum Gasteiger partial charge on any atom is -0.497 e. The standard InChI is InChI=1S/C14H15NO4/c1-18-11-6-5-10(13(8-11)19-2)9-15-7-3-4-12(15)14(16)17/h3-8H,9H2,1-2H3,(H,16,17). The lowest BCUT2D eigenvalue weighted by Crippen LogP contribution is -2.09. The van der Waals surface area contributed by atoms with Crippen LogP contribution in [0.25, 0.3) is 0 Å². The van der Waals surface area contributed by atoms with E-state index in [1.54, 1.807) is 43.2 Å². The first-order valence-corrected chi connectivity index (χ1v) is 5.75. The zero-order valence-electron chi connectivity index (χ0n) is 10.8. The van der Waals surface area contributed by atoms with Gasteiger partial charge in [0.25, 0.3) is 0 Å². The normalized spacial score (nSPS) is 10.2. The summed E-state index contributed by atoms with van der Waals surface area (Å²) in [6, 6.07) is 8.74. The Kier molecular flexibility index (Phi) is 3.75. The second-order valence-corrected chi connectivity index (χ2v) is 4.00. The van der Waals surface area contributed by atoms with Crippen LogP contribution >= 0.6 is 0 Å². The fraction of sp³-hybridized carbons (Fsp3) is 0.214. The smallest absolute Gasteiger partial charge is 0.352 e. The van der Waals surface area contributed by atoms with Crippen molar-refractivity contribution < 1.29 is 19.4 Å². The van der Waals surface area contributed by atoms with E-state index in [2.05, 4.69) is 0 Å². The van der Waals surface area contributed by atoms with E-state index in [0.29, 0.717) is 18.0 Å². The van der Waals surface area contributed by atoms with Crippen molar-refractivity contribution in [2.24, 2.45) is 0 Å². The summed E-state index contributed by atoms with van der Waals surface area (Å²) in [5.74, 6) is 0.424. The molecule has 2 rings (SSSR count). The Hall–Kier alpha value is -2.43. The molecule has 0 unspecified atom stereocenters. The van der Waals surface area contributed by atoms with Crippen molar-refractivity contribution in [3.05, 3.63) is 47.8 Å². The fourth-order valence-corrected chi connectivity index (χ4v) is 1.91. The van der Waals surface area contributed by atoms with Crippen molar-refractivity contribution in [1.82, 2.24) is 4.57 Å². The van der Waals surface area contributed by atoms with Crippen molar-refractivity contribution in [1.29, 1.82) is 0 Å². The summed E-state index contributed by atoms with van der Waals surface area (Å²) in [5, 5.41) is 9.07. The Bertz CT molecular complexity index is 589. The lowest BCUT2D eigenvalue weighted by Gasteiger charge is -2.12. The number of benzene rings is 1. The summed E-state index contributed by atoms with van der Waals surface area (Å²) in [5.41, 5.74) is 1.14. The van der Waals surface area contributed by atoms with Crippen LogP contribution in [0.3, 0.4) is 0 Å². The molecule has 1 N–H and O–H groups in total. The Labute approximate surface area is 111 Å². The molecule has 0 aliphatic rings. The van der Waals surface area contributed by atoms with Crippen LogP contribution in [0, 0.1) is 0 Å². The van der Waals surface area contributed by atoms with Crippen LogP contribution in [0.5, 0.6) is 11.5 Å². The molecule has 0 atom stereocenters. The van der Waals surface area contributed by atoms with E-state index in [1.807, 2.05) is 12.1 Å². The molecule has 0 saturated heterocycles. The Balaban J connectivity index is 2.32. The largest absolute Gasteiger partial charge is 0.497 e. The molecular formula is C14H15NO4. The van der Waals surface area contributed by atoms with Crippen LogP contribution in [-0.2, 0) is 6.54 Å². The number of carbonyl (C=O) groups is 1. The third-order valence-electron chi connectivity index (χ3n) is 2.88. The highest BCUT2D eigenvalue weighted by Crippen LogP contribution is 2.25. The Morgan fingerprint density at radius 1 is 1.26 bits per heavy atom. The van der Waals surface area contributed by atoms with Gasteiger partial charge in [-0.1, -0.05) is 0 Å². The molecular weight excluding hydrogens is 246 g/mol. The van der Waals surface area contributed by atoms with Gasteiger partial charge in [0.15, 0.2) is 0 Å². The SMILES string of the molecule is COc1ccc(Cn2cccc2C(=O)O)c(OC)c1. The van der Waals surface area contributed by atoms with Crippen molar-refractivity contribution in [2.45, 2.75) is 6.54 Å². The summed E-state index contributed by atoms with van der Waals surface area (Å²) in [6.07, 6.45) is 1.73. The minimum absolute atomic E-state index is 0.248. The maximum Gasteiger partial charge on any atom is 0.352 e. The number of hydrogen-bond donors (Lipinski definition) is 1. The molecule has 1 aromatic heterocycles. The van der Waals surface area contributed by atoms with Gasteiger partial charge >= 0.3 is 5.97 Å². The number of nitrogens with zero attached hydrogens (tertiary/aromatic N) is 1. The average molecular weight is 261 g/mol. The third-order valence-corrected chi connectivity index (χ3v) is 2.88. The Morgan fingerprint density at radius 3 is 2.68 bits per heavy atom. The van der Waals surface area contributed by atoms with Crippen LogP contribution in [0.2, 0.25) is 0 Å². The van der Waals surface area contributed by atoms with Crippen LogP contribution in [0.4, 0.5) is 0 Å². The summed E-state index contributed by atoms with van der Waals surface area (Å²) in [4.78, 5) is 11.1. The van der Waals surface area contributed by atoms with Gasteiger partial charge in [-0.2, -0.15) is 0 Å². The van der Waals surface area contributed by atoms with Gasteiger partial charge in [0.1, 0.15) is 17.2 Å². The highest BCUT2D eigenvalue weighted by molar-refractivity contribution is 5.85. The van der Waals surface area contributed by atoms with Gasteiger partial charge in [-0.25, -0.2) is 4.79 Å². The molecule has 2 aromatic rings. The summed E-state index contributed by atoms with van der Waals surface area (Å²) in [7, 11) is 3.16. The molecule has 5 heteroatoms. The van der Waals surface area contributed by atoms with E-state index in [-0.39, 0.29) is 5.69 Å². The summed E-state index contributed by atoms with van der Waals surface area (Å²) < 4.78 is 12.1. The molecule has 0 aliphatic carbocycles. The van der Waals surface area contributed by atoms with Gasteiger partial charge in [-0.05, 0) is 24.3 Å². The van der Waals surface area contributed by atoms with E-state index < -0.39 is 5.97 Å². The van der Waals surface area contributed by atoms with Crippen LogP contribution < -0.4 is 9.47 Å². The second kappa shape index (κ2) is 5.48. The summed E-state index contributed by atoms with van der Waals surface area (Å²) in [6.45, 7) is 0.432. The first-order valence-electron chi connectivity index (χ1n) is 5.75. The minimum atomic E-state index is -0.947. The van der Waals surface area contributed by atoms with Gasteiger partial charge in [-0.15, -0.1) is 0 Å². The first kappa shape index (κ1) is 13.0. The van der Waals surface area contributed by atoms with E-state index in [1.165, 1.54) is 0 Å². The maximum atomic E-state index is 11.1. The number of aromatic nitrogens is 1. The molecule has 0 radical (unpaired) electrons. The molecule has 0 amide bonds. The molecule has 0 fully saturated rings. The van der Waals surface area contributed by atoms with E-state index in [0.717, 1.165) is 5.56 Å². The highest BCUT2D eigenvalue weighted by Gasteiger charge is 2.11. The van der Waals surface area contributed by atoms with Crippen molar-refractivity contribution in [2.75, 3.05) is 14.2 Å². The Morgan fingerprint density at radius 2 is 2.05 bits per heavy atom. The van der Waals surface area contributed by atoms with Crippen molar-refractivity contribution >= 4 is 5.97 Å². The molecule has 19 heavy (non-hydrogen) atoms. The van der Waals surface area contributed by atoms with Gasteiger partial charge < -0.3 is 19.1 Å². The van der Waals surface area contributed by atoms with E-state index >= 15 is 0 Å². The molecule has 1 heterocycles. The maximum absolute atomic E-state index is 11.1. The van der Waals surface area contributed by atoms with Gasteiger partial charge in [0.05, 0.1) is 20.8 Å². The van der Waals surface area contributed by atoms with Crippen LogP contribution in [0.15, 0.2) is 36.5 Å². The van der Waals surface area contributed by atoms with Crippen LogP contribution in [-0.4, -0.2) is 29.9 Å². The molecule has 1 aromatic carbocycles. The number of ether oxygens (including phenoxy) is 2. The number of carboxylic acid groups (broad SMARTS) is 1. The molecule has 0 bridgehead atoms. The molecule has 0 saturated carbocycles. The van der Waals surface area contributed by atoms with Crippen molar-refractivity contribution in [3.63, 3.8) is 0 Å². The number of aromatic carboxylic acids is 1. The summed E-state index contributed by atoms with van der Waals surface area (Å²) >= 11 is 0. The lowest BCUT2D eigenvalue weighted by molar-refractivity contribution is 0.0685. The predicted octanol–water partition coefficient (Wildman–Crippen LogP) is 2.25. The zero-order chi connectivity index (χ0) is 13.8. The molecule has 100 valence electrons. The van der Waals surface area contributed by atoms with Crippen molar-refractivity contribution in [3.8, 4) is 11.5 Å². The average Bonchev–Trinajstić information content (AvgIpc) is 2.87. The molecule has 0 aliphatic heterocycles. The van der Waals surface area contributed by atoms with Crippen LogP contribution in [0.1, 0.15) is 16.1 Å². The number of hydrogen-bond acceptors (Lipinski definition) is 3. The third kappa shape index (κ3) is 2.70. The monoisotopic (exact) mass is 261 g/mol.